The number of carbonyl (C=O) groups is 2. The Bertz CT molecular complexity index is 674. The summed E-state index contributed by atoms with van der Waals surface area (Å²) in [6.07, 6.45) is 0.478. The minimum absolute atomic E-state index is 0.0106. The molecule has 0 radical (unpaired) electrons. The number of amides is 2. The van der Waals surface area contributed by atoms with Crippen LogP contribution in [0.4, 0.5) is 0 Å². The van der Waals surface area contributed by atoms with Gasteiger partial charge < -0.3 is 15.3 Å². The van der Waals surface area contributed by atoms with E-state index in [1.165, 1.54) is 6.92 Å². The molecule has 0 bridgehead atoms. The van der Waals surface area contributed by atoms with E-state index in [-0.39, 0.29) is 18.4 Å². The van der Waals surface area contributed by atoms with Gasteiger partial charge in [-0.05, 0) is 17.5 Å². The van der Waals surface area contributed by atoms with Crippen molar-refractivity contribution in [3.63, 3.8) is 0 Å². The maximum atomic E-state index is 12.8. The van der Waals surface area contributed by atoms with Crippen LogP contribution in [0.1, 0.15) is 30.5 Å². The number of carbonyl (C=O) groups excluding carboxylic acids is 2. The van der Waals surface area contributed by atoms with Crippen LogP contribution in [0.15, 0.2) is 60.7 Å². The lowest BCUT2D eigenvalue weighted by atomic mass is 10.0. The first-order chi connectivity index (χ1) is 12.1. The Balaban J connectivity index is 2.29. The lowest BCUT2D eigenvalue weighted by Crippen LogP contribution is -2.42. The van der Waals surface area contributed by atoms with Crippen LogP contribution in [0, 0.1) is 0 Å². The fourth-order valence-corrected chi connectivity index (χ4v) is 2.66. The Morgan fingerprint density at radius 3 is 2.20 bits per heavy atom. The predicted molar refractivity (Wildman–Crippen MR) is 96.6 cm³/mol. The molecule has 0 heterocycles. The van der Waals surface area contributed by atoms with E-state index >= 15 is 0 Å². The molecule has 0 spiro atoms. The van der Waals surface area contributed by atoms with Crippen molar-refractivity contribution in [2.75, 3.05) is 13.2 Å². The number of aliphatic hydroxyl groups excluding tert-OH is 1. The van der Waals surface area contributed by atoms with E-state index in [4.69, 9.17) is 5.11 Å². The average Bonchev–Trinajstić information content (AvgIpc) is 2.63. The number of benzene rings is 2. The van der Waals surface area contributed by atoms with E-state index in [0.717, 1.165) is 11.1 Å². The molecule has 0 unspecified atom stereocenters. The highest BCUT2D eigenvalue weighted by Gasteiger charge is 2.29. The molecule has 2 aromatic carbocycles. The zero-order valence-electron chi connectivity index (χ0n) is 14.4. The van der Waals surface area contributed by atoms with Gasteiger partial charge in [0.05, 0.1) is 0 Å². The van der Waals surface area contributed by atoms with Crippen molar-refractivity contribution >= 4 is 11.8 Å². The third-order valence-electron chi connectivity index (χ3n) is 3.91. The largest absolute Gasteiger partial charge is 0.396 e. The zero-order chi connectivity index (χ0) is 18.1. The van der Waals surface area contributed by atoms with Gasteiger partial charge in [0.1, 0.15) is 6.04 Å². The molecule has 0 aliphatic rings. The molecular formula is C20H24N2O3. The van der Waals surface area contributed by atoms with Crippen molar-refractivity contribution in [3.8, 4) is 0 Å². The van der Waals surface area contributed by atoms with Crippen LogP contribution in [0.2, 0.25) is 0 Å². The fourth-order valence-electron chi connectivity index (χ4n) is 2.66. The first-order valence-electron chi connectivity index (χ1n) is 8.38. The summed E-state index contributed by atoms with van der Waals surface area (Å²) in [6.45, 7) is 2.20. The van der Waals surface area contributed by atoms with Crippen molar-refractivity contribution in [3.05, 3.63) is 71.8 Å². The maximum absolute atomic E-state index is 12.8. The second-order valence-corrected chi connectivity index (χ2v) is 5.81. The highest BCUT2D eigenvalue weighted by molar-refractivity contribution is 5.88. The quantitative estimate of drug-likeness (QED) is 0.724. The number of rotatable bonds is 8. The number of hydrogen-bond donors (Lipinski definition) is 2. The van der Waals surface area contributed by atoms with Gasteiger partial charge in [-0.3, -0.25) is 9.59 Å². The molecule has 2 amide bonds. The van der Waals surface area contributed by atoms with Crippen molar-refractivity contribution in [2.45, 2.75) is 25.9 Å². The highest BCUT2D eigenvalue weighted by atomic mass is 16.3. The minimum atomic E-state index is -0.711. The van der Waals surface area contributed by atoms with Crippen LogP contribution in [-0.2, 0) is 16.1 Å². The number of aliphatic hydroxyl groups is 1. The van der Waals surface area contributed by atoms with Crippen LogP contribution in [0.5, 0.6) is 0 Å². The Morgan fingerprint density at radius 2 is 1.64 bits per heavy atom. The molecule has 5 heteroatoms. The summed E-state index contributed by atoms with van der Waals surface area (Å²) in [5.41, 5.74) is 1.72. The number of hydrogen-bond acceptors (Lipinski definition) is 3. The molecule has 132 valence electrons. The maximum Gasteiger partial charge on any atom is 0.247 e. The van der Waals surface area contributed by atoms with Crippen LogP contribution >= 0.6 is 0 Å². The van der Waals surface area contributed by atoms with Crippen LogP contribution in [-0.4, -0.2) is 35.0 Å². The van der Waals surface area contributed by atoms with Crippen molar-refractivity contribution in [2.24, 2.45) is 0 Å². The normalized spacial score (nSPS) is 11.6. The summed E-state index contributed by atoms with van der Waals surface area (Å²) in [5.74, 6) is -0.416. The summed E-state index contributed by atoms with van der Waals surface area (Å²) in [6, 6.07) is 18.2. The van der Waals surface area contributed by atoms with Crippen molar-refractivity contribution < 1.29 is 14.7 Å². The van der Waals surface area contributed by atoms with E-state index in [2.05, 4.69) is 5.32 Å². The smallest absolute Gasteiger partial charge is 0.247 e. The van der Waals surface area contributed by atoms with Gasteiger partial charge in [-0.1, -0.05) is 60.7 Å². The van der Waals surface area contributed by atoms with Gasteiger partial charge in [0.15, 0.2) is 0 Å². The van der Waals surface area contributed by atoms with E-state index in [1.54, 1.807) is 4.90 Å². The fraction of sp³-hybridized carbons (Fsp3) is 0.300. The van der Waals surface area contributed by atoms with E-state index in [9.17, 15) is 9.59 Å². The zero-order valence-corrected chi connectivity index (χ0v) is 14.4. The predicted octanol–water partition coefficient (Wildman–Crippen LogP) is 2.28. The molecule has 0 aliphatic carbocycles. The molecule has 25 heavy (non-hydrogen) atoms. The molecule has 2 aromatic rings. The molecule has 0 aliphatic heterocycles. The Hall–Kier alpha value is -2.66. The summed E-state index contributed by atoms with van der Waals surface area (Å²) in [4.78, 5) is 26.6. The van der Waals surface area contributed by atoms with Crippen LogP contribution < -0.4 is 5.32 Å². The second kappa shape index (κ2) is 9.59. The summed E-state index contributed by atoms with van der Waals surface area (Å²) < 4.78 is 0. The van der Waals surface area contributed by atoms with Crippen LogP contribution in [0.25, 0.3) is 0 Å². The highest BCUT2D eigenvalue weighted by Crippen LogP contribution is 2.23. The van der Waals surface area contributed by atoms with Gasteiger partial charge in [-0.2, -0.15) is 0 Å². The Labute approximate surface area is 148 Å². The molecule has 0 aromatic heterocycles. The summed E-state index contributed by atoms with van der Waals surface area (Å²) in [5, 5.41) is 11.7. The molecular weight excluding hydrogens is 316 g/mol. The number of nitrogens with one attached hydrogen (secondary N) is 1. The van der Waals surface area contributed by atoms with E-state index in [1.807, 2.05) is 60.7 Å². The van der Waals surface area contributed by atoms with E-state index in [0.29, 0.717) is 19.5 Å². The van der Waals surface area contributed by atoms with Gasteiger partial charge in [0.2, 0.25) is 11.8 Å². The molecule has 0 fully saturated rings. The van der Waals surface area contributed by atoms with Crippen molar-refractivity contribution in [1.82, 2.24) is 10.2 Å². The second-order valence-electron chi connectivity index (χ2n) is 5.81. The molecule has 1 atom stereocenters. The first kappa shape index (κ1) is 18.7. The van der Waals surface area contributed by atoms with Gasteiger partial charge in [0.25, 0.3) is 0 Å². The Morgan fingerprint density at radius 1 is 1.04 bits per heavy atom. The molecule has 2 rings (SSSR count). The minimum Gasteiger partial charge on any atom is -0.396 e. The van der Waals surface area contributed by atoms with Crippen LogP contribution in [0.3, 0.4) is 0 Å². The first-order valence-corrected chi connectivity index (χ1v) is 8.38. The van der Waals surface area contributed by atoms with E-state index < -0.39 is 6.04 Å². The van der Waals surface area contributed by atoms with Crippen molar-refractivity contribution in [1.29, 1.82) is 0 Å². The van der Waals surface area contributed by atoms with Gasteiger partial charge in [-0.25, -0.2) is 0 Å². The monoisotopic (exact) mass is 340 g/mol. The topological polar surface area (TPSA) is 69.6 Å². The SMILES string of the molecule is CC(=O)N(Cc1ccccc1)[C@H](C(=O)NCCCO)c1ccccc1. The lowest BCUT2D eigenvalue weighted by molar-refractivity contribution is -0.140. The average molecular weight is 340 g/mol. The molecule has 0 saturated carbocycles. The third-order valence-corrected chi connectivity index (χ3v) is 3.91. The van der Waals surface area contributed by atoms with Gasteiger partial charge in [-0.15, -0.1) is 0 Å². The summed E-state index contributed by atoms with van der Waals surface area (Å²) >= 11 is 0. The third kappa shape index (κ3) is 5.43. The van der Waals surface area contributed by atoms with Gasteiger partial charge >= 0.3 is 0 Å². The Kier molecular flexibility index (Phi) is 7.16. The standard InChI is InChI=1S/C20H24N2O3/c1-16(24)22(15-17-9-4-2-5-10-17)19(18-11-6-3-7-12-18)20(25)21-13-8-14-23/h2-7,9-12,19,23H,8,13-15H2,1H3,(H,21,25)/t19-/m0/s1. The number of nitrogens with zero attached hydrogens (tertiary/aromatic N) is 1. The lowest BCUT2D eigenvalue weighted by Gasteiger charge is -2.30. The molecule has 5 nitrogen and oxygen atoms in total. The van der Waals surface area contributed by atoms with Gasteiger partial charge in [0, 0.05) is 26.6 Å². The molecule has 0 saturated heterocycles. The summed E-state index contributed by atoms with van der Waals surface area (Å²) in [7, 11) is 0. The molecule has 2 N–H and O–H groups in total.